The highest BCUT2D eigenvalue weighted by Crippen LogP contribution is 2.41. The molecule has 0 aliphatic carbocycles. The number of benzene rings is 2. The number of aryl methyl sites for hydroxylation is 1. The molecular formula is C27H36FN6O5PS. The number of rotatable bonds is 12. The lowest BCUT2D eigenvalue weighted by Crippen LogP contribution is -2.46. The van der Waals surface area contributed by atoms with E-state index in [9.17, 15) is 22.3 Å². The van der Waals surface area contributed by atoms with Crippen LogP contribution in [0.1, 0.15) is 25.3 Å². The number of nitrogens with zero attached hydrogens (tertiary/aromatic N) is 4. The summed E-state index contributed by atoms with van der Waals surface area (Å²) in [4.78, 5) is 20.7. The third-order valence-electron chi connectivity index (χ3n) is 6.97. The van der Waals surface area contributed by atoms with E-state index < -0.39 is 17.6 Å². The highest BCUT2D eigenvalue weighted by molar-refractivity contribution is 7.89. The van der Waals surface area contributed by atoms with Crippen molar-refractivity contribution in [1.82, 2.24) is 19.2 Å². The average Bonchev–Trinajstić information content (AvgIpc) is 2.94. The lowest BCUT2D eigenvalue weighted by molar-refractivity contribution is 0.173. The van der Waals surface area contributed by atoms with Crippen LogP contribution in [0.15, 0.2) is 59.6 Å². The molecule has 0 spiro atoms. The van der Waals surface area contributed by atoms with Crippen molar-refractivity contribution in [2.75, 3.05) is 50.1 Å². The van der Waals surface area contributed by atoms with Gasteiger partial charge in [-0.3, -0.25) is 4.57 Å². The smallest absolute Gasteiger partial charge is 0.329 e. The molecule has 0 bridgehead atoms. The van der Waals surface area contributed by atoms with Crippen LogP contribution >= 0.6 is 7.60 Å². The molecule has 1 aliphatic heterocycles. The van der Waals surface area contributed by atoms with Gasteiger partial charge in [-0.15, -0.1) is 0 Å². The zero-order valence-corrected chi connectivity index (χ0v) is 25.0. The standard InChI is InChI=1S/C27H36FN6O5PS/c1-4-39-40(35,36)18-17-34-15-12-23(13-16-34)33(3)41(37,38)24-8-5-21(6-9-24)31-27-29-14-11-26(32-27)30-22-7-10-25(28)20(2)19-22/h5-11,14,19,23H,4,12-13,15-18H2,1-3H3,(H,35,36)(H2,29,30,31,32). The largest absolute Gasteiger partial charge is 0.340 e. The second kappa shape index (κ2) is 13.4. The molecule has 1 aliphatic rings. The van der Waals surface area contributed by atoms with E-state index in [4.69, 9.17) is 4.52 Å². The predicted octanol–water partition coefficient (Wildman–Crippen LogP) is 4.72. The number of hydrogen-bond acceptors (Lipinski definition) is 9. The van der Waals surface area contributed by atoms with Crippen LogP contribution in [0, 0.1) is 12.7 Å². The Balaban J connectivity index is 1.33. The van der Waals surface area contributed by atoms with Gasteiger partial charge in [0.25, 0.3) is 0 Å². The van der Waals surface area contributed by atoms with Crippen molar-refractivity contribution in [3.63, 3.8) is 0 Å². The predicted molar refractivity (Wildman–Crippen MR) is 157 cm³/mol. The van der Waals surface area contributed by atoms with Gasteiger partial charge >= 0.3 is 7.60 Å². The molecule has 1 fully saturated rings. The van der Waals surface area contributed by atoms with Gasteiger partial charge in [0.05, 0.1) is 17.7 Å². The van der Waals surface area contributed by atoms with Gasteiger partial charge in [-0.1, -0.05) is 0 Å². The summed E-state index contributed by atoms with van der Waals surface area (Å²) in [6.07, 6.45) is 2.88. The third kappa shape index (κ3) is 8.31. The molecule has 1 saturated heterocycles. The van der Waals surface area contributed by atoms with Crippen LogP contribution in [0.2, 0.25) is 0 Å². The van der Waals surface area contributed by atoms with Crippen LogP contribution in [0.5, 0.6) is 0 Å². The highest BCUT2D eigenvalue weighted by Gasteiger charge is 2.31. The molecule has 222 valence electrons. The van der Waals surface area contributed by atoms with Crippen molar-refractivity contribution in [2.24, 2.45) is 0 Å². The summed E-state index contributed by atoms with van der Waals surface area (Å²) in [6, 6.07) is 12.6. The minimum absolute atomic E-state index is 0.0554. The highest BCUT2D eigenvalue weighted by atomic mass is 32.2. The second-order valence-corrected chi connectivity index (χ2v) is 13.9. The van der Waals surface area contributed by atoms with E-state index in [-0.39, 0.29) is 29.5 Å². The summed E-state index contributed by atoms with van der Waals surface area (Å²) in [7, 11) is -5.71. The molecule has 1 aromatic heterocycles. The SMILES string of the molecule is CCOP(=O)(O)CCN1CCC(N(C)S(=O)(=O)c2ccc(Nc3nccc(Nc4ccc(F)c(C)c4)n3)cc2)CC1. The Kier molecular flexibility index (Phi) is 10.1. The number of halogens is 1. The summed E-state index contributed by atoms with van der Waals surface area (Å²) < 4.78 is 58.5. The molecule has 0 saturated carbocycles. The molecule has 2 heterocycles. The quantitative estimate of drug-likeness (QED) is 0.249. The third-order valence-corrected chi connectivity index (χ3v) is 10.3. The first-order valence-corrected chi connectivity index (χ1v) is 16.6. The Morgan fingerprint density at radius 1 is 1.12 bits per heavy atom. The molecule has 11 nitrogen and oxygen atoms in total. The maximum atomic E-state index is 13.6. The Labute approximate surface area is 240 Å². The van der Waals surface area contributed by atoms with E-state index in [1.807, 2.05) is 0 Å². The van der Waals surface area contributed by atoms with Crippen molar-refractivity contribution in [1.29, 1.82) is 0 Å². The van der Waals surface area contributed by atoms with E-state index in [1.54, 1.807) is 69.6 Å². The van der Waals surface area contributed by atoms with Crippen LogP contribution in [-0.2, 0) is 19.1 Å². The Bertz CT molecular complexity index is 1490. The summed E-state index contributed by atoms with van der Waals surface area (Å²) in [5, 5.41) is 6.19. The summed E-state index contributed by atoms with van der Waals surface area (Å²) >= 11 is 0. The maximum absolute atomic E-state index is 13.6. The fourth-order valence-corrected chi connectivity index (χ4v) is 7.09. The van der Waals surface area contributed by atoms with E-state index in [2.05, 4.69) is 25.5 Å². The van der Waals surface area contributed by atoms with Crippen molar-refractivity contribution < 1.29 is 26.8 Å². The second-order valence-electron chi connectivity index (χ2n) is 9.88. The Morgan fingerprint density at radius 3 is 2.46 bits per heavy atom. The monoisotopic (exact) mass is 606 g/mol. The van der Waals surface area contributed by atoms with Crippen LogP contribution in [-0.4, -0.2) is 78.0 Å². The fourth-order valence-electron chi connectivity index (χ4n) is 4.60. The minimum Gasteiger partial charge on any atom is -0.340 e. The van der Waals surface area contributed by atoms with Crippen LogP contribution in [0.25, 0.3) is 0 Å². The van der Waals surface area contributed by atoms with Crippen LogP contribution < -0.4 is 10.6 Å². The minimum atomic E-state index is -3.72. The lowest BCUT2D eigenvalue weighted by atomic mass is 10.1. The van der Waals surface area contributed by atoms with Crippen molar-refractivity contribution >= 4 is 40.8 Å². The van der Waals surface area contributed by atoms with E-state index in [1.165, 1.54) is 10.4 Å². The number of nitrogens with one attached hydrogen (secondary N) is 2. The van der Waals surface area contributed by atoms with Gasteiger partial charge < -0.3 is 25.0 Å². The van der Waals surface area contributed by atoms with Crippen molar-refractivity contribution in [3.05, 3.63) is 66.1 Å². The molecule has 3 aromatic rings. The number of piperidine rings is 1. The molecule has 4 rings (SSSR count). The first-order valence-electron chi connectivity index (χ1n) is 13.4. The molecule has 1 unspecified atom stereocenters. The Hall–Kier alpha value is -2.93. The van der Waals surface area contributed by atoms with E-state index >= 15 is 0 Å². The summed E-state index contributed by atoms with van der Waals surface area (Å²) in [6.45, 7) is 5.25. The van der Waals surface area contributed by atoms with Gasteiger partial charge in [0.2, 0.25) is 16.0 Å². The van der Waals surface area contributed by atoms with Gasteiger partial charge in [-0.2, -0.15) is 9.29 Å². The fraction of sp³-hybridized carbons (Fsp3) is 0.407. The van der Waals surface area contributed by atoms with E-state index in [0.29, 0.717) is 61.2 Å². The number of anilines is 4. The number of sulfonamides is 1. The van der Waals surface area contributed by atoms with Gasteiger partial charge in [0.1, 0.15) is 11.6 Å². The van der Waals surface area contributed by atoms with Crippen LogP contribution in [0.4, 0.5) is 27.5 Å². The topological polar surface area (TPSA) is 137 Å². The van der Waals surface area contributed by atoms with Gasteiger partial charge in [-0.25, -0.2) is 17.8 Å². The summed E-state index contributed by atoms with van der Waals surface area (Å²) in [5.74, 6) is 0.542. The number of likely N-dealkylation sites (tertiary alicyclic amines) is 1. The normalized spacial score (nSPS) is 16.4. The number of hydrogen-bond donors (Lipinski definition) is 3. The zero-order chi connectivity index (χ0) is 29.6. The molecule has 1 atom stereocenters. The van der Waals surface area contributed by atoms with Gasteiger partial charge in [0, 0.05) is 37.2 Å². The average molecular weight is 607 g/mol. The van der Waals surface area contributed by atoms with Gasteiger partial charge in [-0.05, 0) is 93.9 Å². The molecule has 41 heavy (non-hydrogen) atoms. The molecule has 2 aromatic carbocycles. The first kappa shape index (κ1) is 31.0. The molecular weight excluding hydrogens is 570 g/mol. The molecule has 0 radical (unpaired) electrons. The molecule has 3 N–H and O–H groups in total. The van der Waals surface area contributed by atoms with Crippen molar-refractivity contribution in [2.45, 2.75) is 37.6 Å². The Morgan fingerprint density at radius 2 is 1.80 bits per heavy atom. The van der Waals surface area contributed by atoms with Gasteiger partial charge in [0.15, 0.2) is 0 Å². The van der Waals surface area contributed by atoms with E-state index in [0.717, 1.165) is 0 Å². The first-order chi connectivity index (χ1) is 19.5. The molecule has 14 heteroatoms. The number of aromatic nitrogens is 2. The zero-order valence-electron chi connectivity index (χ0n) is 23.3. The lowest BCUT2D eigenvalue weighted by Gasteiger charge is -2.36. The maximum Gasteiger partial charge on any atom is 0.329 e. The molecule has 0 amide bonds. The van der Waals surface area contributed by atoms with Crippen LogP contribution in [0.3, 0.4) is 0 Å². The summed E-state index contributed by atoms with van der Waals surface area (Å²) in [5.41, 5.74) is 1.82. The van der Waals surface area contributed by atoms with Crippen molar-refractivity contribution in [3.8, 4) is 0 Å².